The Morgan fingerprint density at radius 1 is 0.870 bits per heavy atom. The van der Waals surface area contributed by atoms with Crippen LogP contribution >= 0.6 is 0 Å². The van der Waals surface area contributed by atoms with Crippen molar-refractivity contribution >= 4 is 27.5 Å². The molecule has 0 bridgehead atoms. The molecule has 4 rings (SSSR count). The summed E-state index contributed by atoms with van der Waals surface area (Å²) in [5.74, 6) is 1.85. The molecule has 0 atom stereocenters. The molecule has 0 amide bonds. The third kappa shape index (κ3) is 2.25. The Hall–Kier alpha value is -3.14. The molecule has 0 aliphatic carbocycles. The summed E-state index contributed by atoms with van der Waals surface area (Å²) in [6, 6.07) is 19.8. The zero-order chi connectivity index (χ0) is 15.8. The van der Waals surface area contributed by atoms with Gasteiger partial charge in [0.1, 0.15) is 11.6 Å². The summed E-state index contributed by atoms with van der Waals surface area (Å²) in [7, 11) is 1.64. The van der Waals surface area contributed by atoms with Gasteiger partial charge in [-0.05, 0) is 23.6 Å². The van der Waals surface area contributed by atoms with Crippen LogP contribution in [0, 0.1) is 0 Å². The number of nitrogen functional groups attached to an aromatic ring is 1. The fourth-order valence-corrected chi connectivity index (χ4v) is 2.78. The molecule has 0 radical (unpaired) electrons. The standard InChI is InChI=1S/C19H15N3O/c1-23-14-7-4-6-13(11-14)19-21-17-15-8-3-2-5-12(15)9-10-16(17)18(20)22-19/h2-11H,1H3,(H2,20,21,22). The molecule has 4 nitrogen and oxygen atoms in total. The summed E-state index contributed by atoms with van der Waals surface area (Å²) in [4.78, 5) is 9.23. The van der Waals surface area contributed by atoms with E-state index in [1.54, 1.807) is 7.11 Å². The van der Waals surface area contributed by atoms with Crippen LogP contribution in [0.3, 0.4) is 0 Å². The summed E-state index contributed by atoms with van der Waals surface area (Å²) in [5, 5.41) is 3.08. The van der Waals surface area contributed by atoms with Crippen molar-refractivity contribution in [2.75, 3.05) is 12.8 Å². The van der Waals surface area contributed by atoms with Crippen molar-refractivity contribution in [1.29, 1.82) is 0 Å². The van der Waals surface area contributed by atoms with E-state index in [4.69, 9.17) is 15.5 Å². The Morgan fingerprint density at radius 3 is 2.61 bits per heavy atom. The molecule has 2 N–H and O–H groups in total. The lowest BCUT2D eigenvalue weighted by molar-refractivity contribution is 0.415. The van der Waals surface area contributed by atoms with Gasteiger partial charge < -0.3 is 10.5 Å². The maximum atomic E-state index is 6.17. The topological polar surface area (TPSA) is 61.0 Å². The second kappa shape index (κ2) is 5.25. The van der Waals surface area contributed by atoms with Crippen LogP contribution in [-0.2, 0) is 0 Å². The minimum atomic E-state index is 0.485. The van der Waals surface area contributed by atoms with Gasteiger partial charge in [-0.3, -0.25) is 0 Å². The molecule has 4 aromatic rings. The number of hydrogen-bond donors (Lipinski definition) is 1. The second-order valence-corrected chi connectivity index (χ2v) is 5.35. The highest BCUT2D eigenvalue weighted by molar-refractivity contribution is 6.08. The Morgan fingerprint density at radius 2 is 1.74 bits per heavy atom. The van der Waals surface area contributed by atoms with Gasteiger partial charge in [0.15, 0.2) is 5.82 Å². The molecule has 0 spiro atoms. The van der Waals surface area contributed by atoms with Gasteiger partial charge in [-0.25, -0.2) is 9.97 Å². The van der Waals surface area contributed by atoms with Crippen molar-refractivity contribution < 1.29 is 4.74 Å². The normalized spacial score (nSPS) is 11.0. The van der Waals surface area contributed by atoms with Crippen LogP contribution in [0.2, 0.25) is 0 Å². The molecule has 0 fully saturated rings. The van der Waals surface area contributed by atoms with Gasteiger partial charge in [0, 0.05) is 16.3 Å². The first-order valence-electron chi connectivity index (χ1n) is 7.35. The largest absolute Gasteiger partial charge is 0.497 e. The highest BCUT2D eigenvalue weighted by Gasteiger charge is 2.10. The maximum absolute atomic E-state index is 6.17. The van der Waals surface area contributed by atoms with Crippen molar-refractivity contribution in [3.05, 3.63) is 60.7 Å². The van der Waals surface area contributed by atoms with Crippen molar-refractivity contribution in [3.8, 4) is 17.1 Å². The first kappa shape index (κ1) is 13.5. The SMILES string of the molecule is COc1cccc(-c2nc(N)c3ccc4ccccc4c3n2)c1. The fraction of sp³-hybridized carbons (Fsp3) is 0.0526. The Kier molecular flexibility index (Phi) is 3.08. The summed E-state index contributed by atoms with van der Waals surface area (Å²) in [5.41, 5.74) is 7.92. The van der Waals surface area contributed by atoms with Crippen LogP contribution in [0.1, 0.15) is 0 Å². The first-order valence-corrected chi connectivity index (χ1v) is 7.35. The summed E-state index contributed by atoms with van der Waals surface area (Å²) >= 11 is 0. The number of nitrogens with two attached hydrogens (primary N) is 1. The van der Waals surface area contributed by atoms with Crippen LogP contribution < -0.4 is 10.5 Å². The van der Waals surface area contributed by atoms with E-state index in [0.717, 1.165) is 33.0 Å². The molecule has 1 heterocycles. The summed E-state index contributed by atoms with van der Waals surface area (Å²) < 4.78 is 5.28. The molecule has 0 unspecified atom stereocenters. The van der Waals surface area contributed by atoms with Gasteiger partial charge in [0.05, 0.1) is 12.6 Å². The van der Waals surface area contributed by atoms with Crippen LogP contribution in [0.4, 0.5) is 5.82 Å². The molecule has 1 aromatic heterocycles. The molecule has 0 aliphatic heterocycles. The molecular weight excluding hydrogens is 286 g/mol. The first-order chi connectivity index (χ1) is 11.3. The van der Waals surface area contributed by atoms with Crippen molar-refractivity contribution in [2.45, 2.75) is 0 Å². The van der Waals surface area contributed by atoms with E-state index < -0.39 is 0 Å². The van der Waals surface area contributed by atoms with Crippen molar-refractivity contribution in [1.82, 2.24) is 9.97 Å². The lowest BCUT2D eigenvalue weighted by atomic mass is 10.1. The number of fused-ring (bicyclic) bond motifs is 3. The predicted octanol–water partition coefficient (Wildman–Crippen LogP) is 4.04. The lowest BCUT2D eigenvalue weighted by Crippen LogP contribution is -1.98. The molecule has 0 aliphatic rings. The molecule has 3 aromatic carbocycles. The minimum absolute atomic E-state index is 0.485. The Bertz CT molecular complexity index is 1030. The third-order valence-electron chi connectivity index (χ3n) is 3.95. The maximum Gasteiger partial charge on any atom is 0.162 e. The summed E-state index contributed by atoms with van der Waals surface area (Å²) in [6.45, 7) is 0. The van der Waals surface area contributed by atoms with Gasteiger partial charge in [0.25, 0.3) is 0 Å². The zero-order valence-corrected chi connectivity index (χ0v) is 12.7. The number of nitrogens with zero attached hydrogens (tertiary/aromatic N) is 2. The van der Waals surface area contributed by atoms with E-state index >= 15 is 0 Å². The van der Waals surface area contributed by atoms with Crippen molar-refractivity contribution in [2.24, 2.45) is 0 Å². The highest BCUT2D eigenvalue weighted by atomic mass is 16.5. The molecule has 4 heteroatoms. The highest BCUT2D eigenvalue weighted by Crippen LogP contribution is 2.30. The van der Waals surface area contributed by atoms with Crippen molar-refractivity contribution in [3.63, 3.8) is 0 Å². The van der Waals surface area contributed by atoms with Crippen LogP contribution in [0.15, 0.2) is 60.7 Å². The predicted molar refractivity (Wildman–Crippen MR) is 93.4 cm³/mol. The number of benzene rings is 3. The summed E-state index contributed by atoms with van der Waals surface area (Å²) in [6.07, 6.45) is 0. The monoisotopic (exact) mass is 301 g/mol. The van der Waals surface area contributed by atoms with E-state index in [1.165, 1.54) is 0 Å². The van der Waals surface area contributed by atoms with E-state index in [1.807, 2.05) is 48.5 Å². The average molecular weight is 301 g/mol. The molecule has 0 saturated heterocycles. The smallest absolute Gasteiger partial charge is 0.162 e. The molecule has 112 valence electrons. The molecule has 23 heavy (non-hydrogen) atoms. The van der Waals surface area contributed by atoms with E-state index in [0.29, 0.717) is 11.6 Å². The minimum Gasteiger partial charge on any atom is -0.497 e. The molecule has 0 saturated carbocycles. The zero-order valence-electron chi connectivity index (χ0n) is 12.7. The average Bonchev–Trinajstić information content (AvgIpc) is 2.61. The van der Waals surface area contributed by atoms with E-state index in [2.05, 4.69) is 17.1 Å². The third-order valence-corrected chi connectivity index (χ3v) is 3.95. The van der Waals surface area contributed by atoms with Gasteiger partial charge in [-0.15, -0.1) is 0 Å². The Labute approximate surface area is 133 Å². The number of rotatable bonds is 2. The second-order valence-electron chi connectivity index (χ2n) is 5.35. The van der Waals surface area contributed by atoms with Gasteiger partial charge in [0.2, 0.25) is 0 Å². The quantitative estimate of drug-likeness (QED) is 0.568. The Balaban J connectivity index is 2.03. The van der Waals surface area contributed by atoms with Gasteiger partial charge in [-0.1, -0.05) is 42.5 Å². The van der Waals surface area contributed by atoms with Gasteiger partial charge >= 0.3 is 0 Å². The van der Waals surface area contributed by atoms with E-state index in [9.17, 15) is 0 Å². The number of aromatic nitrogens is 2. The van der Waals surface area contributed by atoms with Crippen LogP contribution in [0.5, 0.6) is 5.75 Å². The number of anilines is 1. The van der Waals surface area contributed by atoms with Crippen LogP contribution in [0.25, 0.3) is 33.1 Å². The number of ether oxygens (including phenoxy) is 1. The van der Waals surface area contributed by atoms with Gasteiger partial charge in [-0.2, -0.15) is 0 Å². The fourth-order valence-electron chi connectivity index (χ4n) is 2.78. The molecular formula is C19H15N3O. The number of methoxy groups -OCH3 is 1. The van der Waals surface area contributed by atoms with Crippen LogP contribution in [-0.4, -0.2) is 17.1 Å². The van der Waals surface area contributed by atoms with E-state index in [-0.39, 0.29) is 0 Å². The number of hydrogen-bond acceptors (Lipinski definition) is 4. The lowest BCUT2D eigenvalue weighted by Gasteiger charge is -2.09.